The van der Waals surface area contributed by atoms with Gasteiger partial charge in [0.25, 0.3) is 0 Å². The molecular weight excluding hydrogens is 211 g/mol. The molecule has 15 heavy (non-hydrogen) atoms. The molecule has 82 valence electrons. The van der Waals surface area contributed by atoms with Crippen LogP contribution in [0.1, 0.15) is 11.3 Å². The molecule has 1 heterocycles. The average Bonchev–Trinajstić information content (AvgIpc) is 2.35. The van der Waals surface area contributed by atoms with E-state index < -0.39 is 12.8 Å². The summed E-state index contributed by atoms with van der Waals surface area (Å²) in [7, 11) is 1.42. The quantitative estimate of drug-likeness (QED) is 0.758. The molecular formula is C8H8F3N3O. The molecule has 0 bridgehead atoms. The van der Waals surface area contributed by atoms with Gasteiger partial charge in [-0.3, -0.25) is 0 Å². The first-order valence-corrected chi connectivity index (χ1v) is 3.98. The van der Waals surface area contributed by atoms with Gasteiger partial charge in [0.15, 0.2) is 6.61 Å². The Labute approximate surface area is 83.9 Å². The average molecular weight is 219 g/mol. The number of hydrogen-bond donors (Lipinski definition) is 0. The number of aryl methyl sites for hydroxylation is 2. The molecule has 7 heteroatoms. The van der Waals surface area contributed by atoms with Crippen molar-refractivity contribution >= 4 is 0 Å². The maximum Gasteiger partial charge on any atom is 0.422 e. The lowest BCUT2D eigenvalue weighted by atomic mass is 10.3. The lowest BCUT2D eigenvalue weighted by molar-refractivity contribution is -0.154. The van der Waals surface area contributed by atoms with E-state index in [-0.39, 0.29) is 11.4 Å². The van der Waals surface area contributed by atoms with E-state index in [4.69, 9.17) is 5.26 Å². The largest absolute Gasteiger partial charge is 0.467 e. The SMILES string of the molecule is Cc1nn(C)c(OCC(F)(F)F)c1C#N. The second-order valence-electron chi connectivity index (χ2n) is 2.90. The zero-order chi connectivity index (χ0) is 11.6. The third-order valence-electron chi connectivity index (χ3n) is 1.65. The van der Waals surface area contributed by atoms with Crippen molar-refractivity contribution in [2.24, 2.45) is 7.05 Å². The maximum atomic E-state index is 11.9. The number of rotatable bonds is 2. The number of ether oxygens (including phenoxy) is 1. The summed E-state index contributed by atoms with van der Waals surface area (Å²) in [5.74, 6) is -0.160. The van der Waals surface area contributed by atoms with Gasteiger partial charge in [-0.2, -0.15) is 23.5 Å². The van der Waals surface area contributed by atoms with Gasteiger partial charge in [-0.1, -0.05) is 0 Å². The van der Waals surface area contributed by atoms with E-state index in [0.29, 0.717) is 5.69 Å². The van der Waals surface area contributed by atoms with Gasteiger partial charge in [0.05, 0.1) is 5.69 Å². The molecule has 0 radical (unpaired) electrons. The Morgan fingerprint density at radius 2 is 2.13 bits per heavy atom. The highest BCUT2D eigenvalue weighted by molar-refractivity contribution is 5.41. The van der Waals surface area contributed by atoms with E-state index in [2.05, 4.69) is 9.84 Å². The van der Waals surface area contributed by atoms with Crippen molar-refractivity contribution in [1.29, 1.82) is 5.26 Å². The normalized spacial score (nSPS) is 11.2. The molecule has 0 N–H and O–H groups in total. The number of halogens is 3. The van der Waals surface area contributed by atoms with Gasteiger partial charge < -0.3 is 4.74 Å². The van der Waals surface area contributed by atoms with E-state index in [1.165, 1.54) is 14.0 Å². The van der Waals surface area contributed by atoms with Crippen molar-refractivity contribution in [3.05, 3.63) is 11.3 Å². The highest BCUT2D eigenvalue weighted by Crippen LogP contribution is 2.23. The molecule has 1 aromatic heterocycles. The third kappa shape index (κ3) is 2.62. The number of aromatic nitrogens is 2. The van der Waals surface area contributed by atoms with Crippen LogP contribution < -0.4 is 4.74 Å². The van der Waals surface area contributed by atoms with E-state index in [0.717, 1.165) is 4.68 Å². The first kappa shape index (κ1) is 11.4. The fourth-order valence-electron chi connectivity index (χ4n) is 1.08. The number of nitriles is 1. The lowest BCUT2D eigenvalue weighted by Gasteiger charge is -2.08. The summed E-state index contributed by atoms with van der Waals surface area (Å²) < 4.78 is 41.2. The van der Waals surface area contributed by atoms with Gasteiger partial charge in [0.1, 0.15) is 11.6 Å². The summed E-state index contributed by atoms with van der Waals surface area (Å²) in [5.41, 5.74) is 0.374. The van der Waals surface area contributed by atoms with Crippen LogP contribution in [0.5, 0.6) is 5.88 Å². The summed E-state index contributed by atoms with van der Waals surface area (Å²) in [6.07, 6.45) is -4.43. The van der Waals surface area contributed by atoms with Gasteiger partial charge in [-0.15, -0.1) is 0 Å². The first-order chi connectivity index (χ1) is 6.85. The maximum absolute atomic E-state index is 11.9. The summed E-state index contributed by atoms with van der Waals surface area (Å²) in [5, 5.41) is 12.5. The molecule has 0 amide bonds. The van der Waals surface area contributed by atoms with Crippen LogP contribution in [0.15, 0.2) is 0 Å². The smallest absolute Gasteiger partial charge is 0.422 e. The van der Waals surface area contributed by atoms with Gasteiger partial charge in [0, 0.05) is 7.05 Å². The van der Waals surface area contributed by atoms with Crippen LogP contribution in [-0.2, 0) is 7.05 Å². The van der Waals surface area contributed by atoms with Gasteiger partial charge >= 0.3 is 6.18 Å². The summed E-state index contributed by atoms with van der Waals surface area (Å²) in [6.45, 7) is 0.0969. The molecule has 0 aromatic carbocycles. The summed E-state index contributed by atoms with van der Waals surface area (Å²) in [4.78, 5) is 0. The van der Waals surface area contributed by atoms with Crippen LogP contribution in [0.3, 0.4) is 0 Å². The Morgan fingerprint density at radius 1 is 1.53 bits per heavy atom. The second kappa shape index (κ2) is 3.81. The molecule has 1 aromatic rings. The predicted octanol–water partition coefficient (Wildman–Crippen LogP) is 1.54. The molecule has 0 unspecified atom stereocenters. The molecule has 4 nitrogen and oxygen atoms in total. The van der Waals surface area contributed by atoms with Crippen LogP contribution in [0.4, 0.5) is 13.2 Å². The van der Waals surface area contributed by atoms with Crippen molar-refractivity contribution in [3.8, 4) is 11.9 Å². The van der Waals surface area contributed by atoms with E-state index in [1.807, 2.05) is 0 Å². The van der Waals surface area contributed by atoms with Gasteiger partial charge in [0.2, 0.25) is 5.88 Å². The fraction of sp³-hybridized carbons (Fsp3) is 0.500. The Kier molecular flexibility index (Phi) is 2.88. The van der Waals surface area contributed by atoms with E-state index in [1.54, 1.807) is 6.07 Å². The summed E-state index contributed by atoms with van der Waals surface area (Å²) >= 11 is 0. The van der Waals surface area contributed by atoms with Gasteiger partial charge in [-0.25, -0.2) is 4.68 Å². The molecule has 0 saturated carbocycles. The minimum absolute atomic E-state index is 0.0294. The highest BCUT2D eigenvalue weighted by Gasteiger charge is 2.30. The molecule has 0 saturated heterocycles. The topological polar surface area (TPSA) is 50.8 Å². The summed E-state index contributed by atoms with van der Waals surface area (Å²) in [6, 6.07) is 1.75. The molecule has 0 aliphatic rings. The van der Waals surface area contributed by atoms with Crippen LogP contribution in [0.2, 0.25) is 0 Å². The minimum atomic E-state index is -4.43. The van der Waals surface area contributed by atoms with Crippen LogP contribution in [-0.4, -0.2) is 22.6 Å². The lowest BCUT2D eigenvalue weighted by Crippen LogP contribution is -2.20. The number of alkyl halides is 3. The second-order valence-corrected chi connectivity index (χ2v) is 2.90. The van der Waals surface area contributed by atoms with Gasteiger partial charge in [-0.05, 0) is 6.92 Å². The predicted molar refractivity (Wildman–Crippen MR) is 44.2 cm³/mol. The number of hydrogen-bond acceptors (Lipinski definition) is 3. The van der Waals surface area contributed by atoms with Crippen LogP contribution in [0.25, 0.3) is 0 Å². The standard InChI is InChI=1S/C8H8F3N3O/c1-5-6(3-12)7(14(2)13-5)15-4-8(9,10)11/h4H2,1-2H3. The first-order valence-electron chi connectivity index (χ1n) is 3.98. The van der Waals surface area contributed by atoms with Crippen LogP contribution >= 0.6 is 0 Å². The van der Waals surface area contributed by atoms with Crippen molar-refractivity contribution in [2.75, 3.05) is 6.61 Å². The minimum Gasteiger partial charge on any atom is -0.467 e. The molecule has 0 atom stereocenters. The molecule has 0 aliphatic heterocycles. The van der Waals surface area contributed by atoms with E-state index >= 15 is 0 Å². The Balaban J connectivity index is 2.91. The Morgan fingerprint density at radius 3 is 2.60 bits per heavy atom. The Hall–Kier alpha value is -1.71. The monoisotopic (exact) mass is 219 g/mol. The highest BCUT2D eigenvalue weighted by atomic mass is 19.4. The van der Waals surface area contributed by atoms with Crippen LogP contribution in [0, 0.1) is 18.3 Å². The molecule has 1 rings (SSSR count). The van der Waals surface area contributed by atoms with Crippen molar-refractivity contribution in [1.82, 2.24) is 9.78 Å². The van der Waals surface area contributed by atoms with Crippen molar-refractivity contribution < 1.29 is 17.9 Å². The molecule has 0 aliphatic carbocycles. The Bertz CT molecular complexity index is 402. The molecule has 0 spiro atoms. The molecule has 0 fully saturated rings. The fourth-order valence-corrected chi connectivity index (χ4v) is 1.08. The zero-order valence-electron chi connectivity index (χ0n) is 8.09. The zero-order valence-corrected chi connectivity index (χ0v) is 8.09. The third-order valence-corrected chi connectivity index (χ3v) is 1.65. The van der Waals surface area contributed by atoms with E-state index in [9.17, 15) is 13.2 Å². The van der Waals surface area contributed by atoms with Crippen molar-refractivity contribution in [2.45, 2.75) is 13.1 Å². The van der Waals surface area contributed by atoms with Crippen molar-refractivity contribution in [3.63, 3.8) is 0 Å². The number of nitrogens with zero attached hydrogens (tertiary/aromatic N) is 3.